The Morgan fingerprint density at radius 3 is 2.39 bits per heavy atom. The lowest BCUT2D eigenvalue weighted by atomic mass is 10.0. The van der Waals surface area contributed by atoms with Crippen molar-refractivity contribution in [1.82, 2.24) is 5.32 Å². The van der Waals surface area contributed by atoms with E-state index in [2.05, 4.69) is 19.2 Å². The zero-order chi connectivity index (χ0) is 14.0. The Balaban J connectivity index is 3.92. The highest BCUT2D eigenvalue weighted by atomic mass is 16.5. The van der Waals surface area contributed by atoms with Gasteiger partial charge in [-0.25, -0.2) is 0 Å². The lowest BCUT2D eigenvalue weighted by Crippen LogP contribution is -2.44. The van der Waals surface area contributed by atoms with Crippen LogP contribution in [0.25, 0.3) is 0 Å². The van der Waals surface area contributed by atoms with Crippen LogP contribution < -0.4 is 5.32 Å². The van der Waals surface area contributed by atoms with Crippen molar-refractivity contribution < 1.29 is 14.6 Å². The molecule has 0 aliphatic carbocycles. The van der Waals surface area contributed by atoms with E-state index in [1.165, 1.54) is 19.3 Å². The fourth-order valence-electron chi connectivity index (χ4n) is 1.84. The predicted octanol–water partition coefficient (Wildman–Crippen LogP) is 2.67. The molecular weight excluding hydrogens is 230 g/mol. The van der Waals surface area contributed by atoms with Crippen LogP contribution in [0, 0.1) is 5.92 Å². The molecule has 0 heterocycles. The molecule has 4 heteroatoms. The highest BCUT2D eigenvalue weighted by Crippen LogP contribution is 2.12. The molecule has 0 rings (SSSR count). The summed E-state index contributed by atoms with van der Waals surface area (Å²) in [5.74, 6) is -0.288. The van der Waals surface area contributed by atoms with Crippen LogP contribution in [0.3, 0.4) is 0 Å². The Morgan fingerprint density at radius 2 is 1.94 bits per heavy atom. The van der Waals surface area contributed by atoms with Crippen molar-refractivity contribution in [3.05, 3.63) is 0 Å². The van der Waals surface area contributed by atoms with Crippen molar-refractivity contribution in [1.29, 1.82) is 0 Å². The summed E-state index contributed by atoms with van der Waals surface area (Å²) < 4.78 is 5.56. The first-order valence-corrected chi connectivity index (χ1v) is 7.07. The largest absolute Gasteiger partial charge is 0.480 e. The minimum absolute atomic E-state index is 0.150. The maximum Gasteiger partial charge on any atom is 0.323 e. The molecule has 108 valence electrons. The third kappa shape index (κ3) is 8.48. The first-order valence-electron chi connectivity index (χ1n) is 7.07. The summed E-state index contributed by atoms with van der Waals surface area (Å²) in [4.78, 5) is 11.0. The van der Waals surface area contributed by atoms with Gasteiger partial charge in [0.2, 0.25) is 0 Å². The first-order chi connectivity index (χ1) is 8.51. The van der Waals surface area contributed by atoms with Gasteiger partial charge in [0.15, 0.2) is 0 Å². The van der Waals surface area contributed by atoms with Crippen LogP contribution >= 0.6 is 0 Å². The van der Waals surface area contributed by atoms with E-state index in [0.717, 1.165) is 6.42 Å². The van der Waals surface area contributed by atoms with Crippen LogP contribution in [0.1, 0.15) is 53.4 Å². The Bertz CT molecular complexity index is 219. The van der Waals surface area contributed by atoms with Gasteiger partial charge in [0.1, 0.15) is 6.04 Å². The highest BCUT2D eigenvalue weighted by Gasteiger charge is 2.18. The third-order valence-corrected chi connectivity index (χ3v) is 3.01. The molecule has 0 amide bonds. The lowest BCUT2D eigenvalue weighted by molar-refractivity contribution is -0.141. The predicted molar refractivity (Wildman–Crippen MR) is 73.8 cm³/mol. The van der Waals surface area contributed by atoms with Crippen LogP contribution in [-0.4, -0.2) is 36.4 Å². The number of carboxylic acids is 1. The molecule has 4 nitrogen and oxygen atoms in total. The molecule has 0 bridgehead atoms. The molecule has 0 saturated heterocycles. The summed E-state index contributed by atoms with van der Waals surface area (Å²) in [7, 11) is 0. The Hall–Kier alpha value is -0.610. The summed E-state index contributed by atoms with van der Waals surface area (Å²) in [6, 6.07) is -0.453. The number of ether oxygens (including phenoxy) is 1. The number of hydrogen-bond donors (Lipinski definition) is 2. The summed E-state index contributed by atoms with van der Waals surface area (Å²) in [6.07, 6.45) is 4.68. The fraction of sp³-hybridized carbons (Fsp3) is 0.929. The van der Waals surface area contributed by atoms with Crippen LogP contribution in [0.2, 0.25) is 0 Å². The van der Waals surface area contributed by atoms with Crippen molar-refractivity contribution in [2.24, 2.45) is 5.92 Å². The van der Waals surface area contributed by atoms with E-state index in [9.17, 15) is 4.79 Å². The summed E-state index contributed by atoms with van der Waals surface area (Å²) in [6.45, 7) is 9.12. The maximum atomic E-state index is 11.0. The molecule has 0 aromatic rings. The normalized spacial score (nSPS) is 14.7. The molecule has 2 N–H and O–H groups in total. The number of unbranched alkanes of at least 4 members (excludes halogenated alkanes) is 1. The number of carboxylic acid groups (broad SMARTS) is 1. The summed E-state index contributed by atoms with van der Waals surface area (Å²) in [5, 5.41) is 12.0. The number of hydrogen-bond acceptors (Lipinski definition) is 3. The van der Waals surface area contributed by atoms with Crippen LogP contribution in [0.15, 0.2) is 0 Å². The molecule has 2 unspecified atom stereocenters. The zero-order valence-electron chi connectivity index (χ0n) is 12.2. The molecular formula is C14H29NO3. The van der Waals surface area contributed by atoms with Gasteiger partial charge in [-0.1, -0.05) is 47.0 Å². The smallest absolute Gasteiger partial charge is 0.323 e. The Morgan fingerprint density at radius 1 is 1.28 bits per heavy atom. The van der Waals surface area contributed by atoms with Gasteiger partial charge in [-0.2, -0.15) is 0 Å². The fourth-order valence-corrected chi connectivity index (χ4v) is 1.84. The van der Waals surface area contributed by atoms with Crippen molar-refractivity contribution in [2.45, 2.75) is 65.5 Å². The van der Waals surface area contributed by atoms with Crippen LogP contribution in [0.5, 0.6) is 0 Å². The van der Waals surface area contributed by atoms with Gasteiger partial charge < -0.3 is 15.2 Å². The maximum absolute atomic E-state index is 11.0. The number of aliphatic carboxylic acids is 1. The molecule has 0 aromatic heterocycles. The molecule has 0 radical (unpaired) electrons. The first kappa shape index (κ1) is 17.4. The van der Waals surface area contributed by atoms with Gasteiger partial charge in [0, 0.05) is 12.6 Å². The van der Waals surface area contributed by atoms with Crippen molar-refractivity contribution >= 4 is 5.97 Å². The average molecular weight is 259 g/mol. The van der Waals surface area contributed by atoms with E-state index in [4.69, 9.17) is 9.84 Å². The van der Waals surface area contributed by atoms with Gasteiger partial charge in [-0.15, -0.1) is 0 Å². The van der Waals surface area contributed by atoms with Gasteiger partial charge in [-0.05, 0) is 12.3 Å². The summed E-state index contributed by atoms with van der Waals surface area (Å²) in [5.41, 5.74) is 0. The number of carbonyl (C=O) groups is 1. The van der Waals surface area contributed by atoms with Gasteiger partial charge in [0.05, 0.1) is 6.61 Å². The lowest BCUT2D eigenvalue weighted by Gasteiger charge is -2.19. The molecule has 0 fully saturated rings. The zero-order valence-corrected chi connectivity index (χ0v) is 12.2. The van der Waals surface area contributed by atoms with E-state index < -0.39 is 12.0 Å². The summed E-state index contributed by atoms with van der Waals surface area (Å²) >= 11 is 0. The van der Waals surface area contributed by atoms with Gasteiger partial charge >= 0.3 is 5.97 Å². The Kier molecular flexibility index (Phi) is 9.98. The van der Waals surface area contributed by atoms with Crippen molar-refractivity contribution in [2.75, 3.05) is 13.2 Å². The number of rotatable bonds is 11. The second-order valence-electron chi connectivity index (χ2n) is 5.17. The SMILES string of the molecule is CCCCC(CC)COCC(NC(C)C)C(=O)O. The third-order valence-electron chi connectivity index (χ3n) is 3.01. The molecule has 0 aliphatic rings. The second-order valence-corrected chi connectivity index (χ2v) is 5.17. The van der Waals surface area contributed by atoms with Crippen molar-refractivity contribution in [3.8, 4) is 0 Å². The van der Waals surface area contributed by atoms with E-state index in [1.807, 2.05) is 13.8 Å². The Labute approximate surface area is 111 Å². The minimum atomic E-state index is -0.842. The monoisotopic (exact) mass is 259 g/mol. The average Bonchev–Trinajstić information content (AvgIpc) is 2.31. The van der Waals surface area contributed by atoms with E-state index in [1.54, 1.807) is 0 Å². The standard InChI is InChI=1S/C14H29NO3/c1-5-7-8-12(6-2)9-18-10-13(14(16)17)15-11(3)4/h11-13,15H,5-10H2,1-4H3,(H,16,17). The highest BCUT2D eigenvalue weighted by molar-refractivity contribution is 5.73. The van der Waals surface area contributed by atoms with E-state index >= 15 is 0 Å². The molecule has 2 atom stereocenters. The topological polar surface area (TPSA) is 58.6 Å². The quantitative estimate of drug-likeness (QED) is 0.599. The van der Waals surface area contributed by atoms with E-state index in [0.29, 0.717) is 12.5 Å². The molecule has 0 spiro atoms. The molecule has 0 aromatic carbocycles. The molecule has 18 heavy (non-hydrogen) atoms. The minimum Gasteiger partial charge on any atom is -0.480 e. The van der Waals surface area contributed by atoms with Gasteiger partial charge in [0.25, 0.3) is 0 Å². The van der Waals surface area contributed by atoms with Crippen LogP contribution in [0.4, 0.5) is 0 Å². The van der Waals surface area contributed by atoms with Crippen molar-refractivity contribution in [3.63, 3.8) is 0 Å². The number of nitrogens with one attached hydrogen (secondary N) is 1. The van der Waals surface area contributed by atoms with E-state index in [-0.39, 0.29) is 12.6 Å². The van der Waals surface area contributed by atoms with Gasteiger partial charge in [-0.3, -0.25) is 4.79 Å². The molecule has 0 aliphatic heterocycles. The molecule has 0 saturated carbocycles. The second kappa shape index (κ2) is 10.3. The van der Waals surface area contributed by atoms with Crippen LogP contribution in [-0.2, 0) is 9.53 Å².